The van der Waals surface area contributed by atoms with Crippen molar-refractivity contribution in [2.24, 2.45) is 11.7 Å². The molecule has 0 aliphatic carbocycles. The predicted octanol–water partition coefficient (Wildman–Crippen LogP) is 1.12. The van der Waals surface area contributed by atoms with Crippen LogP contribution >= 0.6 is 0 Å². The highest BCUT2D eigenvalue weighted by Crippen LogP contribution is 2.04. The molecule has 4 nitrogen and oxygen atoms in total. The molecule has 0 aliphatic heterocycles. The second kappa shape index (κ2) is 7.79. The van der Waals surface area contributed by atoms with Gasteiger partial charge >= 0.3 is 0 Å². The zero-order chi connectivity index (χ0) is 12.5. The molecule has 1 aromatic heterocycles. The number of hydrogen-bond acceptors (Lipinski definition) is 3. The lowest BCUT2D eigenvalue weighted by Gasteiger charge is -2.11. The van der Waals surface area contributed by atoms with Crippen LogP contribution in [-0.4, -0.2) is 24.0 Å². The summed E-state index contributed by atoms with van der Waals surface area (Å²) in [4.78, 5) is 15.9. The van der Waals surface area contributed by atoms with E-state index in [0.29, 0.717) is 13.1 Å². The minimum absolute atomic E-state index is 0.0438. The van der Waals surface area contributed by atoms with Crippen molar-refractivity contribution in [3.05, 3.63) is 30.1 Å². The highest BCUT2D eigenvalue weighted by molar-refractivity contribution is 5.78. The molecule has 1 heterocycles. The van der Waals surface area contributed by atoms with Gasteiger partial charge in [-0.2, -0.15) is 0 Å². The van der Waals surface area contributed by atoms with Crippen LogP contribution in [0.4, 0.5) is 0 Å². The lowest BCUT2D eigenvalue weighted by molar-refractivity contribution is -0.124. The fourth-order valence-electron chi connectivity index (χ4n) is 1.59. The van der Waals surface area contributed by atoms with Crippen molar-refractivity contribution >= 4 is 5.91 Å². The summed E-state index contributed by atoms with van der Waals surface area (Å²) >= 11 is 0. The van der Waals surface area contributed by atoms with Crippen LogP contribution in [0.1, 0.15) is 25.5 Å². The lowest BCUT2D eigenvalue weighted by atomic mass is 10.0. The van der Waals surface area contributed by atoms with Crippen molar-refractivity contribution in [3.63, 3.8) is 0 Å². The molecule has 0 saturated heterocycles. The molecular weight excluding hydrogens is 214 g/mol. The summed E-state index contributed by atoms with van der Waals surface area (Å²) in [6.45, 7) is 3.22. The Morgan fingerprint density at radius 2 is 2.35 bits per heavy atom. The third-order valence-electron chi connectivity index (χ3n) is 2.70. The maximum absolute atomic E-state index is 11.7. The zero-order valence-corrected chi connectivity index (χ0v) is 10.4. The fraction of sp³-hybridized carbons (Fsp3) is 0.538. The highest BCUT2D eigenvalue weighted by Gasteiger charge is 2.11. The van der Waals surface area contributed by atoms with Gasteiger partial charge in [-0.05, 0) is 31.5 Å². The quantitative estimate of drug-likeness (QED) is 0.744. The summed E-state index contributed by atoms with van der Waals surface area (Å²) in [5.41, 5.74) is 6.42. The van der Waals surface area contributed by atoms with Gasteiger partial charge in [0.25, 0.3) is 0 Å². The third kappa shape index (κ3) is 5.45. The van der Waals surface area contributed by atoms with Gasteiger partial charge in [-0.1, -0.05) is 13.0 Å². The van der Waals surface area contributed by atoms with Gasteiger partial charge in [0.2, 0.25) is 5.91 Å². The van der Waals surface area contributed by atoms with Crippen molar-refractivity contribution in [3.8, 4) is 0 Å². The molecule has 1 amide bonds. The molecule has 3 N–H and O–H groups in total. The van der Waals surface area contributed by atoms with Gasteiger partial charge in [0.05, 0.1) is 0 Å². The molecule has 0 radical (unpaired) electrons. The maximum Gasteiger partial charge on any atom is 0.222 e. The van der Waals surface area contributed by atoms with E-state index in [-0.39, 0.29) is 11.8 Å². The number of nitrogens with zero attached hydrogens (tertiary/aromatic N) is 1. The smallest absolute Gasteiger partial charge is 0.222 e. The molecule has 0 aromatic carbocycles. The van der Waals surface area contributed by atoms with Gasteiger partial charge in [-0.25, -0.2) is 0 Å². The first kappa shape index (κ1) is 13.6. The lowest BCUT2D eigenvalue weighted by Crippen LogP contribution is -2.31. The number of carbonyl (C=O) groups is 1. The molecule has 1 unspecified atom stereocenters. The average molecular weight is 235 g/mol. The van der Waals surface area contributed by atoms with Crippen molar-refractivity contribution in [2.45, 2.75) is 26.2 Å². The Bertz CT molecular complexity index is 327. The number of pyridine rings is 1. The molecule has 0 bridgehead atoms. The molecule has 0 spiro atoms. The van der Waals surface area contributed by atoms with E-state index in [1.807, 2.05) is 25.1 Å². The van der Waals surface area contributed by atoms with Gasteiger partial charge in [0.15, 0.2) is 0 Å². The van der Waals surface area contributed by atoms with E-state index in [0.717, 1.165) is 25.0 Å². The minimum Gasteiger partial charge on any atom is -0.355 e. The zero-order valence-electron chi connectivity index (χ0n) is 10.4. The second-order valence-electron chi connectivity index (χ2n) is 4.19. The molecule has 0 saturated carbocycles. The Balaban J connectivity index is 2.20. The highest BCUT2D eigenvalue weighted by atomic mass is 16.1. The SMILES string of the molecule is CC(CCCN)C(=O)NCCc1ccccn1. The van der Waals surface area contributed by atoms with E-state index < -0.39 is 0 Å². The van der Waals surface area contributed by atoms with Crippen LogP contribution in [0.2, 0.25) is 0 Å². The van der Waals surface area contributed by atoms with Gasteiger partial charge in [0, 0.05) is 30.8 Å². The number of aromatic nitrogens is 1. The molecule has 94 valence electrons. The van der Waals surface area contributed by atoms with E-state index in [4.69, 9.17) is 5.73 Å². The molecule has 1 aromatic rings. The first-order chi connectivity index (χ1) is 8.24. The van der Waals surface area contributed by atoms with E-state index in [2.05, 4.69) is 10.3 Å². The van der Waals surface area contributed by atoms with Crippen LogP contribution < -0.4 is 11.1 Å². The van der Waals surface area contributed by atoms with E-state index in [1.54, 1.807) is 6.20 Å². The van der Waals surface area contributed by atoms with Gasteiger partial charge in [-0.3, -0.25) is 9.78 Å². The van der Waals surface area contributed by atoms with Gasteiger partial charge < -0.3 is 11.1 Å². The van der Waals surface area contributed by atoms with Crippen LogP contribution in [0.3, 0.4) is 0 Å². The molecule has 0 fully saturated rings. The number of nitrogens with one attached hydrogen (secondary N) is 1. The summed E-state index contributed by atoms with van der Waals surface area (Å²) in [5, 5.41) is 2.92. The van der Waals surface area contributed by atoms with Crippen LogP contribution in [0.5, 0.6) is 0 Å². The number of amides is 1. The van der Waals surface area contributed by atoms with Crippen LogP contribution in [0.15, 0.2) is 24.4 Å². The monoisotopic (exact) mass is 235 g/mol. The van der Waals surface area contributed by atoms with Crippen molar-refractivity contribution < 1.29 is 4.79 Å². The van der Waals surface area contributed by atoms with Crippen molar-refractivity contribution in [2.75, 3.05) is 13.1 Å². The standard InChI is InChI=1S/C13H21N3O/c1-11(5-4-8-14)13(17)16-10-7-12-6-2-3-9-15-12/h2-3,6,9,11H,4-5,7-8,10,14H2,1H3,(H,16,17). The number of rotatable bonds is 7. The van der Waals surface area contributed by atoms with E-state index in [9.17, 15) is 4.79 Å². The second-order valence-corrected chi connectivity index (χ2v) is 4.19. The fourth-order valence-corrected chi connectivity index (χ4v) is 1.59. The first-order valence-corrected chi connectivity index (χ1v) is 6.11. The van der Waals surface area contributed by atoms with Gasteiger partial charge in [0.1, 0.15) is 0 Å². The summed E-state index contributed by atoms with van der Waals surface area (Å²) in [6.07, 6.45) is 4.29. The summed E-state index contributed by atoms with van der Waals surface area (Å²) in [6, 6.07) is 5.80. The Morgan fingerprint density at radius 1 is 1.53 bits per heavy atom. The molecule has 0 aliphatic rings. The largest absolute Gasteiger partial charge is 0.355 e. The summed E-state index contributed by atoms with van der Waals surface area (Å²) < 4.78 is 0. The summed E-state index contributed by atoms with van der Waals surface area (Å²) in [7, 11) is 0. The number of carbonyl (C=O) groups excluding carboxylic acids is 1. The van der Waals surface area contributed by atoms with Crippen LogP contribution in [-0.2, 0) is 11.2 Å². The van der Waals surface area contributed by atoms with Crippen LogP contribution in [0, 0.1) is 5.92 Å². The Morgan fingerprint density at radius 3 is 3.00 bits per heavy atom. The molecule has 1 rings (SSSR count). The molecule has 4 heteroatoms. The first-order valence-electron chi connectivity index (χ1n) is 6.11. The number of hydrogen-bond donors (Lipinski definition) is 2. The third-order valence-corrected chi connectivity index (χ3v) is 2.70. The Labute approximate surface area is 103 Å². The van der Waals surface area contributed by atoms with Crippen molar-refractivity contribution in [1.29, 1.82) is 0 Å². The Hall–Kier alpha value is -1.42. The Kier molecular flexibility index (Phi) is 6.25. The topological polar surface area (TPSA) is 68.0 Å². The van der Waals surface area contributed by atoms with Crippen molar-refractivity contribution in [1.82, 2.24) is 10.3 Å². The van der Waals surface area contributed by atoms with Crippen LogP contribution in [0.25, 0.3) is 0 Å². The van der Waals surface area contributed by atoms with Gasteiger partial charge in [-0.15, -0.1) is 0 Å². The minimum atomic E-state index is 0.0438. The molecule has 17 heavy (non-hydrogen) atoms. The van der Waals surface area contributed by atoms with E-state index in [1.165, 1.54) is 0 Å². The normalized spacial score (nSPS) is 12.1. The maximum atomic E-state index is 11.7. The molecular formula is C13H21N3O. The number of nitrogens with two attached hydrogens (primary N) is 1. The van der Waals surface area contributed by atoms with E-state index >= 15 is 0 Å². The average Bonchev–Trinajstić information content (AvgIpc) is 2.37. The molecule has 1 atom stereocenters. The predicted molar refractivity (Wildman–Crippen MR) is 68.4 cm³/mol. The summed E-state index contributed by atoms with van der Waals surface area (Å²) in [5.74, 6) is 0.150.